The van der Waals surface area contributed by atoms with E-state index in [0.29, 0.717) is 11.4 Å². The Labute approximate surface area is 80.2 Å². The second kappa shape index (κ2) is 3.45. The van der Waals surface area contributed by atoms with Crippen molar-refractivity contribution in [1.29, 1.82) is 0 Å². The molecule has 5 heteroatoms. The van der Waals surface area contributed by atoms with Gasteiger partial charge < -0.3 is 5.73 Å². The Hall–Kier alpha value is -1.91. The molecule has 72 valence electrons. The Bertz CT molecular complexity index is 438. The van der Waals surface area contributed by atoms with E-state index >= 15 is 0 Å². The molecule has 0 fully saturated rings. The number of anilines is 1. The highest BCUT2D eigenvalue weighted by Gasteiger charge is 2.01. The van der Waals surface area contributed by atoms with Crippen LogP contribution < -0.4 is 5.73 Å². The predicted octanol–water partition coefficient (Wildman–Crippen LogP) is 1.32. The molecule has 0 atom stereocenters. The summed E-state index contributed by atoms with van der Waals surface area (Å²) in [7, 11) is 0. The Kier molecular flexibility index (Phi) is 2.14. The van der Waals surface area contributed by atoms with Crippen molar-refractivity contribution in [2.45, 2.75) is 6.67 Å². The molecule has 0 radical (unpaired) electrons. The van der Waals surface area contributed by atoms with Crippen molar-refractivity contribution in [1.82, 2.24) is 15.0 Å². The third-order valence-corrected chi connectivity index (χ3v) is 1.81. The highest BCUT2D eigenvalue weighted by Crippen LogP contribution is 2.11. The van der Waals surface area contributed by atoms with Gasteiger partial charge in [-0.2, -0.15) is 0 Å². The van der Waals surface area contributed by atoms with Crippen LogP contribution in [-0.4, -0.2) is 15.0 Å². The summed E-state index contributed by atoms with van der Waals surface area (Å²) in [4.78, 5) is 0. The van der Waals surface area contributed by atoms with Crippen molar-refractivity contribution < 1.29 is 4.39 Å². The van der Waals surface area contributed by atoms with E-state index < -0.39 is 6.67 Å². The van der Waals surface area contributed by atoms with Gasteiger partial charge in [0.1, 0.15) is 12.4 Å². The second-order valence-electron chi connectivity index (χ2n) is 2.88. The van der Waals surface area contributed by atoms with Crippen LogP contribution in [0.5, 0.6) is 0 Å². The summed E-state index contributed by atoms with van der Waals surface area (Å²) in [5.74, 6) is 0. The topological polar surface area (TPSA) is 56.7 Å². The number of hydrogen-bond donors (Lipinski definition) is 1. The molecular formula is C9H9FN4. The maximum atomic E-state index is 12.2. The lowest BCUT2D eigenvalue weighted by Gasteiger charge is -1.99. The number of nitrogen functional groups attached to an aromatic ring is 1. The maximum Gasteiger partial charge on any atom is 0.135 e. The van der Waals surface area contributed by atoms with Gasteiger partial charge in [-0.15, -0.1) is 5.10 Å². The largest absolute Gasteiger partial charge is 0.399 e. The first-order valence-corrected chi connectivity index (χ1v) is 4.12. The van der Waals surface area contributed by atoms with Crippen LogP contribution in [0.1, 0.15) is 5.69 Å². The summed E-state index contributed by atoms with van der Waals surface area (Å²) in [6.07, 6.45) is 1.54. The Balaban J connectivity index is 2.39. The van der Waals surface area contributed by atoms with Crippen molar-refractivity contribution in [3.05, 3.63) is 36.2 Å². The fourth-order valence-corrected chi connectivity index (χ4v) is 1.15. The van der Waals surface area contributed by atoms with Gasteiger partial charge in [0.05, 0.1) is 11.9 Å². The van der Waals surface area contributed by atoms with Crippen LogP contribution in [0.25, 0.3) is 5.69 Å². The van der Waals surface area contributed by atoms with E-state index in [0.717, 1.165) is 5.69 Å². The van der Waals surface area contributed by atoms with E-state index in [2.05, 4.69) is 10.3 Å². The molecule has 0 aliphatic rings. The van der Waals surface area contributed by atoms with Crippen molar-refractivity contribution in [2.75, 3.05) is 5.73 Å². The van der Waals surface area contributed by atoms with Crippen molar-refractivity contribution >= 4 is 5.69 Å². The number of hydrogen-bond acceptors (Lipinski definition) is 3. The van der Waals surface area contributed by atoms with E-state index in [9.17, 15) is 4.39 Å². The van der Waals surface area contributed by atoms with Gasteiger partial charge in [0.2, 0.25) is 0 Å². The van der Waals surface area contributed by atoms with E-state index in [1.54, 1.807) is 12.1 Å². The molecule has 0 saturated heterocycles. The maximum absolute atomic E-state index is 12.2. The fourth-order valence-electron chi connectivity index (χ4n) is 1.15. The SMILES string of the molecule is Nc1cccc(-n2cc(CF)nn2)c1. The normalized spacial score (nSPS) is 10.4. The van der Waals surface area contributed by atoms with E-state index in [4.69, 9.17) is 5.73 Å². The van der Waals surface area contributed by atoms with Gasteiger partial charge >= 0.3 is 0 Å². The van der Waals surface area contributed by atoms with Crippen molar-refractivity contribution in [3.63, 3.8) is 0 Å². The summed E-state index contributed by atoms with van der Waals surface area (Å²) in [5.41, 5.74) is 7.33. The number of benzene rings is 1. The highest BCUT2D eigenvalue weighted by molar-refractivity contribution is 5.46. The summed E-state index contributed by atoms with van der Waals surface area (Å²) in [6, 6.07) is 7.15. The first-order valence-electron chi connectivity index (χ1n) is 4.12. The van der Waals surface area contributed by atoms with Crippen molar-refractivity contribution in [3.8, 4) is 5.69 Å². The Morgan fingerprint density at radius 3 is 2.93 bits per heavy atom. The van der Waals surface area contributed by atoms with Gasteiger partial charge in [0.15, 0.2) is 0 Å². The number of nitrogens with two attached hydrogens (primary N) is 1. The zero-order valence-corrected chi connectivity index (χ0v) is 7.39. The molecule has 0 aliphatic heterocycles. The van der Waals surface area contributed by atoms with Gasteiger partial charge in [-0.25, -0.2) is 9.07 Å². The molecule has 0 bridgehead atoms. The minimum Gasteiger partial charge on any atom is -0.399 e. The zero-order valence-electron chi connectivity index (χ0n) is 7.39. The number of aromatic nitrogens is 3. The molecule has 0 aliphatic carbocycles. The molecule has 1 aromatic carbocycles. The molecule has 0 spiro atoms. The first kappa shape index (κ1) is 8.68. The van der Waals surface area contributed by atoms with Crippen LogP contribution in [0.15, 0.2) is 30.5 Å². The quantitative estimate of drug-likeness (QED) is 0.730. The standard InChI is InChI=1S/C9H9FN4/c10-5-8-6-14(13-12-8)9-3-1-2-7(11)4-9/h1-4,6H,5,11H2. The monoisotopic (exact) mass is 192 g/mol. The lowest BCUT2D eigenvalue weighted by atomic mass is 10.3. The number of halogens is 1. The summed E-state index contributed by atoms with van der Waals surface area (Å²) in [6.45, 7) is -0.609. The second-order valence-corrected chi connectivity index (χ2v) is 2.88. The summed E-state index contributed by atoms with van der Waals surface area (Å²) >= 11 is 0. The fraction of sp³-hybridized carbons (Fsp3) is 0.111. The predicted molar refractivity (Wildman–Crippen MR) is 50.6 cm³/mol. The van der Waals surface area contributed by atoms with E-state index in [-0.39, 0.29) is 0 Å². The molecule has 14 heavy (non-hydrogen) atoms. The lowest BCUT2D eigenvalue weighted by molar-refractivity contribution is 0.475. The van der Waals surface area contributed by atoms with Gasteiger partial charge in [-0.3, -0.25) is 0 Å². The van der Waals surface area contributed by atoms with Gasteiger partial charge in [-0.05, 0) is 18.2 Å². The third kappa shape index (κ3) is 1.56. The summed E-state index contributed by atoms with van der Waals surface area (Å²) < 4.78 is 13.7. The minimum absolute atomic E-state index is 0.312. The molecule has 1 heterocycles. The molecule has 2 N–H and O–H groups in total. The number of rotatable bonds is 2. The molecular weight excluding hydrogens is 183 g/mol. The Morgan fingerprint density at radius 1 is 1.43 bits per heavy atom. The molecule has 0 amide bonds. The zero-order chi connectivity index (χ0) is 9.97. The molecule has 2 aromatic rings. The van der Waals surface area contributed by atoms with Crippen LogP contribution in [0.2, 0.25) is 0 Å². The van der Waals surface area contributed by atoms with Gasteiger partial charge in [0, 0.05) is 5.69 Å². The lowest BCUT2D eigenvalue weighted by Crippen LogP contribution is -1.95. The number of nitrogens with zero attached hydrogens (tertiary/aromatic N) is 3. The van der Waals surface area contributed by atoms with Crippen LogP contribution in [0, 0.1) is 0 Å². The highest BCUT2D eigenvalue weighted by atomic mass is 19.1. The molecule has 2 rings (SSSR count). The average molecular weight is 192 g/mol. The van der Waals surface area contributed by atoms with Gasteiger partial charge in [0.25, 0.3) is 0 Å². The summed E-state index contributed by atoms with van der Waals surface area (Å²) in [5, 5.41) is 7.41. The molecule has 0 saturated carbocycles. The first-order chi connectivity index (χ1) is 6.79. The van der Waals surface area contributed by atoms with Crippen LogP contribution >= 0.6 is 0 Å². The van der Waals surface area contributed by atoms with Crippen LogP contribution in [-0.2, 0) is 6.67 Å². The van der Waals surface area contributed by atoms with Crippen LogP contribution in [0.3, 0.4) is 0 Å². The average Bonchev–Trinajstić information content (AvgIpc) is 2.66. The number of alkyl halides is 1. The molecule has 1 aromatic heterocycles. The molecule has 0 unspecified atom stereocenters. The third-order valence-electron chi connectivity index (χ3n) is 1.81. The van der Waals surface area contributed by atoms with Crippen molar-refractivity contribution in [2.24, 2.45) is 0 Å². The van der Waals surface area contributed by atoms with E-state index in [1.807, 2.05) is 12.1 Å². The molecule has 4 nitrogen and oxygen atoms in total. The van der Waals surface area contributed by atoms with E-state index in [1.165, 1.54) is 10.9 Å². The van der Waals surface area contributed by atoms with Crippen LogP contribution in [0.4, 0.5) is 10.1 Å². The smallest absolute Gasteiger partial charge is 0.135 e. The van der Waals surface area contributed by atoms with Gasteiger partial charge in [-0.1, -0.05) is 11.3 Å². The Morgan fingerprint density at radius 2 is 2.29 bits per heavy atom. The minimum atomic E-state index is -0.609.